The van der Waals surface area contributed by atoms with E-state index in [1.54, 1.807) is 14.0 Å². The summed E-state index contributed by atoms with van der Waals surface area (Å²) in [6.07, 6.45) is 4.33. The second-order valence-corrected chi connectivity index (χ2v) is 6.48. The summed E-state index contributed by atoms with van der Waals surface area (Å²) in [7, 11) is 1.65. The molecule has 3 unspecified atom stereocenters. The summed E-state index contributed by atoms with van der Waals surface area (Å²) in [5, 5.41) is 12.1. The zero-order chi connectivity index (χ0) is 16.8. The van der Waals surface area contributed by atoms with Crippen LogP contribution in [0.25, 0.3) is 0 Å². The van der Waals surface area contributed by atoms with Gasteiger partial charge in [0, 0.05) is 25.6 Å². The SMILES string of the molecule is CC(CN(C)C(=O)NC1CCCCC1c1ccccc1)C(=O)O. The van der Waals surface area contributed by atoms with Crippen molar-refractivity contribution in [1.82, 2.24) is 10.2 Å². The van der Waals surface area contributed by atoms with E-state index in [0.29, 0.717) is 5.92 Å². The van der Waals surface area contributed by atoms with E-state index in [2.05, 4.69) is 17.4 Å². The molecule has 3 atom stereocenters. The normalized spacial score (nSPS) is 22.2. The van der Waals surface area contributed by atoms with Crippen LogP contribution in [0.1, 0.15) is 44.1 Å². The molecule has 5 heteroatoms. The minimum Gasteiger partial charge on any atom is -0.481 e. The van der Waals surface area contributed by atoms with Crippen molar-refractivity contribution >= 4 is 12.0 Å². The molecule has 0 spiro atoms. The number of carbonyl (C=O) groups excluding carboxylic acids is 1. The summed E-state index contributed by atoms with van der Waals surface area (Å²) in [5.74, 6) is -1.12. The number of aliphatic carboxylic acids is 1. The van der Waals surface area contributed by atoms with Crippen LogP contribution in [0.4, 0.5) is 4.79 Å². The average Bonchev–Trinajstić information content (AvgIpc) is 2.56. The Morgan fingerprint density at radius 2 is 1.91 bits per heavy atom. The first-order valence-corrected chi connectivity index (χ1v) is 8.28. The highest BCUT2D eigenvalue weighted by molar-refractivity contribution is 5.76. The van der Waals surface area contributed by atoms with Gasteiger partial charge in [0.25, 0.3) is 0 Å². The number of urea groups is 1. The fourth-order valence-electron chi connectivity index (χ4n) is 3.24. The van der Waals surface area contributed by atoms with Crippen LogP contribution >= 0.6 is 0 Å². The Kier molecular flexibility index (Phi) is 6.02. The largest absolute Gasteiger partial charge is 0.481 e. The third kappa shape index (κ3) is 4.71. The Balaban J connectivity index is 1.98. The number of carboxylic acid groups (broad SMARTS) is 1. The number of amides is 2. The molecule has 2 amide bonds. The summed E-state index contributed by atoms with van der Waals surface area (Å²) in [5.41, 5.74) is 1.26. The van der Waals surface area contributed by atoms with E-state index in [9.17, 15) is 9.59 Å². The molecule has 1 aliphatic carbocycles. The number of benzene rings is 1. The highest BCUT2D eigenvalue weighted by atomic mass is 16.4. The number of hydrogen-bond acceptors (Lipinski definition) is 2. The summed E-state index contributed by atoms with van der Waals surface area (Å²) >= 11 is 0. The van der Waals surface area contributed by atoms with Gasteiger partial charge in [0.1, 0.15) is 0 Å². The molecule has 0 heterocycles. The third-order valence-corrected chi connectivity index (χ3v) is 4.62. The van der Waals surface area contributed by atoms with Crippen LogP contribution in [0.15, 0.2) is 30.3 Å². The van der Waals surface area contributed by atoms with Crippen molar-refractivity contribution in [1.29, 1.82) is 0 Å². The van der Waals surface area contributed by atoms with Crippen LogP contribution in [0.5, 0.6) is 0 Å². The third-order valence-electron chi connectivity index (χ3n) is 4.62. The molecule has 2 N–H and O–H groups in total. The quantitative estimate of drug-likeness (QED) is 0.876. The van der Waals surface area contributed by atoms with Gasteiger partial charge in [0.15, 0.2) is 0 Å². The maximum Gasteiger partial charge on any atom is 0.317 e. The van der Waals surface area contributed by atoms with Gasteiger partial charge in [0.2, 0.25) is 0 Å². The minimum atomic E-state index is -0.885. The molecular formula is C18H26N2O3. The van der Waals surface area contributed by atoms with Gasteiger partial charge in [-0.05, 0) is 18.4 Å². The van der Waals surface area contributed by atoms with Crippen molar-refractivity contribution in [3.05, 3.63) is 35.9 Å². The summed E-state index contributed by atoms with van der Waals surface area (Å²) < 4.78 is 0. The highest BCUT2D eigenvalue weighted by Crippen LogP contribution is 2.33. The zero-order valence-electron chi connectivity index (χ0n) is 13.9. The predicted octanol–water partition coefficient (Wildman–Crippen LogP) is 3.07. The molecular weight excluding hydrogens is 292 g/mol. The fourth-order valence-corrected chi connectivity index (χ4v) is 3.24. The first kappa shape index (κ1) is 17.3. The van der Waals surface area contributed by atoms with Crippen LogP contribution in [0, 0.1) is 5.92 Å². The lowest BCUT2D eigenvalue weighted by Gasteiger charge is -2.34. The van der Waals surface area contributed by atoms with Crippen molar-refractivity contribution in [3.63, 3.8) is 0 Å². The van der Waals surface area contributed by atoms with E-state index < -0.39 is 11.9 Å². The van der Waals surface area contributed by atoms with Gasteiger partial charge in [-0.1, -0.05) is 50.1 Å². The van der Waals surface area contributed by atoms with Crippen LogP contribution in [-0.4, -0.2) is 41.6 Å². The Labute approximate surface area is 137 Å². The van der Waals surface area contributed by atoms with Gasteiger partial charge in [-0.25, -0.2) is 4.79 Å². The first-order valence-electron chi connectivity index (χ1n) is 8.28. The average molecular weight is 318 g/mol. The molecule has 5 nitrogen and oxygen atoms in total. The molecule has 0 radical (unpaired) electrons. The monoisotopic (exact) mass is 318 g/mol. The Hall–Kier alpha value is -2.04. The van der Waals surface area contributed by atoms with E-state index in [-0.39, 0.29) is 18.6 Å². The van der Waals surface area contributed by atoms with Crippen molar-refractivity contribution in [2.24, 2.45) is 5.92 Å². The first-order chi connectivity index (χ1) is 11.0. The molecule has 0 bridgehead atoms. The Morgan fingerprint density at radius 1 is 1.26 bits per heavy atom. The van der Waals surface area contributed by atoms with Crippen molar-refractivity contribution in [3.8, 4) is 0 Å². The minimum absolute atomic E-state index is 0.112. The van der Waals surface area contributed by atoms with Crippen molar-refractivity contribution in [2.45, 2.75) is 44.6 Å². The lowest BCUT2D eigenvalue weighted by molar-refractivity contribution is -0.141. The summed E-state index contributed by atoms with van der Waals surface area (Å²) in [4.78, 5) is 24.8. The van der Waals surface area contributed by atoms with Crippen LogP contribution in [-0.2, 0) is 4.79 Å². The molecule has 126 valence electrons. The second kappa shape index (κ2) is 7.99. The Morgan fingerprint density at radius 3 is 2.57 bits per heavy atom. The molecule has 0 aromatic heterocycles. The van der Waals surface area contributed by atoms with Crippen LogP contribution in [0.3, 0.4) is 0 Å². The van der Waals surface area contributed by atoms with Gasteiger partial charge < -0.3 is 15.3 Å². The predicted molar refractivity (Wildman–Crippen MR) is 89.4 cm³/mol. The molecule has 0 saturated heterocycles. The van der Waals surface area contributed by atoms with E-state index >= 15 is 0 Å². The molecule has 1 aromatic rings. The number of carboxylic acids is 1. The number of hydrogen-bond donors (Lipinski definition) is 2. The van der Waals surface area contributed by atoms with Crippen molar-refractivity contribution < 1.29 is 14.7 Å². The molecule has 1 aliphatic rings. The molecule has 0 aliphatic heterocycles. The van der Waals surface area contributed by atoms with Gasteiger partial charge in [-0.3, -0.25) is 4.79 Å². The number of carbonyl (C=O) groups is 2. The van der Waals surface area contributed by atoms with Gasteiger partial charge in [-0.2, -0.15) is 0 Å². The fraction of sp³-hybridized carbons (Fsp3) is 0.556. The van der Waals surface area contributed by atoms with E-state index in [4.69, 9.17) is 5.11 Å². The maximum atomic E-state index is 12.4. The van der Waals surface area contributed by atoms with Crippen LogP contribution in [0.2, 0.25) is 0 Å². The van der Waals surface area contributed by atoms with Gasteiger partial charge in [0.05, 0.1) is 5.92 Å². The summed E-state index contributed by atoms with van der Waals surface area (Å²) in [6, 6.07) is 10.2. The number of nitrogens with zero attached hydrogens (tertiary/aromatic N) is 1. The highest BCUT2D eigenvalue weighted by Gasteiger charge is 2.29. The Bertz CT molecular complexity index is 532. The standard InChI is InChI=1S/C18H26N2O3/c1-13(17(21)22)12-20(2)18(23)19-16-11-7-6-10-15(16)14-8-4-3-5-9-14/h3-5,8-9,13,15-16H,6-7,10-12H2,1-2H3,(H,19,23)(H,21,22). The number of rotatable bonds is 5. The molecule has 1 fully saturated rings. The molecule has 1 saturated carbocycles. The van der Waals surface area contributed by atoms with Crippen LogP contribution < -0.4 is 5.32 Å². The van der Waals surface area contributed by atoms with Gasteiger partial charge in [-0.15, -0.1) is 0 Å². The lowest BCUT2D eigenvalue weighted by Crippen LogP contribution is -2.48. The molecule has 23 heavy (non-hydrogen) atoms. The van der Waals surface area contributed by atoms with E-state index in [1.807, 2.05) is 18.2 Å². The maximum absolute atomic E-state index is 12.4. The van der Waals surface area contributed by atoms with Crippen molar-refractivity contribution in [2.75, 3.05) is 13.6 Å². The smallest absolute Gasteiger partial charge is 0.317 e. The topological polar surface area (TPSA) is 69.6 Å². The van der Waals surface area contributed by atoms with Gasteiger partial charge >= 0.3 is 12.0 Å². The number of nitrogens with one attached hydrogen (secondary N) is 1. The lowest BCUT2D eigenvalue weighted by atomic mass is 9.80. The van der Waals surface area contributed by atoms with E-state index in [1.165, 1.54) is 16.9 Å². The summed E-state index contributed by atoms with van der Waals surface area (Å²) in [6.45, 7) is 1.82. The second-order valence-electron chi connectivity index (χ2n) is 6.48. The van der Waals surface area contributed by atoms with E-state index in [0.717, 1.165) is 19.3 Å². The zero-order valence-corrected chi connectivity index (χ0v) is 13.9. The molecule has 2 rings (SSSR count). The molecule has 1 aromatic carbocycles.